The Balaban J connectivity index is 0.00000432. The fraction of sp³-hybridized carbons (Fsp3) is 0.650. The number of sulfonamides is 1. The molecule has 15 heteroatoms. The van der Waals surface area contributed by atoms with E-state index >= 15 is 0 Å². The second-order valence-electron chi connectivity index (χ2n) is 8.31. The molecule has 3 rings (SSSR count). The van der Waals surface area contributed by atoms with Gasteiger partial charge in [0.1, 0.15) is 0 Å². The molecule has 0 saturated carbocycles. The van der Waals surface area contributed by atoms with E-state index in [1.165, 1.54) is 21.9 Å². The van der Waals surface area contributed by atoms with Gasteiger partial charge in [-0.2, -0.15) is 26.3 Å². The Hall–Kier alpha value is -1.74. The highest BCUT2D eigenvalue weighted by molar-refractivity contribution is 7.91. The molecule has 2 heterocycles. The van der Waals surface area contributed by atoms with Crippen molar-refractivity contribution in [2.75, 3.05) is 44.3 Å². The van der Waals surface area contributed by atoms with E-state index in [0.29, 0.717) is 11.3 Å². The maximum atomic E-state index is 13.3. The number of alkyl halides is 5. The van der Waals surface area contributed by atoms with Gasteiger partial charge in [0.15, 0.2) is 4.75 Å². The highest BCUT2D eigenvalue weighted by Crippen LogP contribution is 2.39. The summed E-state index contributed by atoms with van der Waals surface area (Å²) in [5, 5.41) is 9.12. The normalized spacial score (nSPS) is 19.7. The molecule has 2 saturated heterocycles. The lowest BCUT2D eigenvalue weighted by molar-refractivity contribution is -0.284. The number of benzene rings is 1. The van der Waals surface area contributed by atoms with Gasteiger partial charge in [-0.15, -0.1) is 12.4 Å². The summed E-state index contributed by atoms with van der Waals surface area (Å²) in [4.78, 5) is 14.2. The number of aryl methyl sites for hydroxylation is 1. The number of hydrogen-bond donors (Lipinski definition) is 2. The van der Waals surface area contributed by atoms with Gasteiger partial charge in [-0.1, -0.05) is 12.1 Å². The van der Waals surface area contributed by atoms with Gasteiger partial charge in [0.25, 0.3) is 5.91 Å². The smallest absolute Gasteiger partial charge is 0.381 e. The number of nitrogens with one attached hydrogen (secondary N) is 1. The molecule has 0 unspecified atom stereocenters. The predicted molar refractivity (Wildman–Crippen MR) is 118 cm³/mol. The third kappa shape index (κ3) is 5.98. The molecule has 0 spiro atoms. The number of hydrogen-bond acceptors (Lipinski definition) is 6. The molecule has 35 heavy (non-hydrogen) atoms. The number of rotatable bonds is 7. The van der Waals surface area contributed by atoms with Crippen LogP contribution in [0.25, 0.3) is 0 Å². The highest BCUT2D eigenvalue weighted by atomic mass is 35.5. The van der Waals surface area contributed by atoms with Crippen LogP contribution in [-0.4, -0.2) is 80.1 Å². The lowest BCUT2D eigenvalue weighted by Gasteiger charge is -2.42. The highest BCUT2D eigenvalue weighted by Gasteiger charge is 2.56. The molecule has 0 aliphatic carbocycles. The number of anilines is 1. The van der Waals surface area contributed by atoms with Gasteiger partial charge in [-0.25, -0.2) is 13.9 Å². The minimum absolute atomic E-state index is 0. The fourth-order valence-electron chi connectivity index (χ4n) is 4.16. The number of hydroxylamine groups is 1. The zero-order valence-electron chi connectivity index (χ0n) is 18.6. The van der Waals surface area contributed by atoms with E-state index in [1.54, 1.807) is 12.1 Å². The van der Waals surface area contributed by atoms with E-state index in [0.717, 1.165) is 0 Å². The van der Waals surface area contributed by atoms with Crippen LogP contribution in [0.2, 0.25) is 0 Å². The first kappa shape index (κ1) is 29.5. The van der Waals surface area contributed by atoms with Crippen LogP contribution in [0.1, 0.15) is 24.8 Å². The Kier molecular flexibility index (Phi) is 9.36. The maximum Gasteiger partial charge on any atom is 0.453 e. The molecular formula is C20H27ClF5N3O5S. The Bertz CT molecular complexity index is 964. The quantitative estimate of drug-likeness (QED) is 0.307. The van der Waals surface area contributed by atoms with Gasteiger partial charge in [0.05, 0.1) is 0 Å². The Morgan fingerprint density at radius 1 is 1.03 bits per heavy atom. The number of ether oxygens (including phenoxy) is 1. The third-order valence-corrected chi connectivity index (χ3v) is 8.96. The van der Waals surface area contributed by atoms with Crippen LogP contribution in [-0.2, 0) is 26.0 Å². The van der Waals surface area contributed by atoms with Crippen molar-refractivity contribution >= 4 is 34.0 Å². The van der Waals surface area contributed by atoms with Crippen molar-refractivity contribution in [1.82, 2.24) is 9.79 Å². The fourth-order valence-corrected chi connectivity index (χ4v) is 6.26. The van der Waals surface area contributed by atoms with E-state index in [-0.39, 0.29) is 64.6 Å². The van der Waals surface area contributed by atoms with Crippen molar-refractivity contribution in [2.45, 2.75) is 42.5 Å². The minimum Gasteiger partial charge on any atom is -0.381 e. The number of carbonyl (C=O) groups excluding carboxylic acids is 1. The van der Waals surface area contributed by atoms with Crippen molar-refractivity contribution in [3.8, 4) is 0 Å². The second-order valence-corrected chi connectivity index (χ2v) is 10.6. The first-order chi connectivity index (χ1) is 15.8. The van der Waals surface area contributed by atoms with E-state index < -0.39 is 45.6 Å². The summed E-state index contributed by atoms with van der Waals surface area (Å²) in [6, 6.07) is 6.11. The van der Waals surface area contributed by atoms with Crippen LogP contribution in [0.15, 0.2) is 24.3 Å². The van der Waals surface area contributed by atoms with E-state index in [1.807, 2.05) is 4.90 Å². The van der Waals surface area contributed by atoms with E-state index in [9.17, 15) is 35.2 Å². The number of halogens is 6. The van der Waals surface area contributed by atoms with Crippen molar-refractivity contribution in [1.29, 1.82) is 0 Å². The molecule has 2 N–H and O–H groups in total. The molecule has 0 aromatic heterocycles. The SMILES string of the molecule is Cl.O=C(NO)C1(S(=O)(=O)N2CCN(c3ccc(CCC(F)(F)C(F)(F)F)cc3)CC2)CCOCC1. The van der Waals surface area contributed by atoms with Crippen LogP contribution in [0, 0.1) is 0 Å². The summed E-state index contributed by atoms with van der Waals surface area (Å²) >= 11 is 0. The summed E-state index contributed by atoms with van der Waals surface area (Å²) in [5.41, 5.74) is 2.46. The number of carbonyl (C=O) groups is 1. The number of amides is 1. The lowest BCUT2D eigenvalue weighted by Crippen LogP contribution is -2.62. The van der Waals surface area contributed by atoms with Gasteiger partial charge in [-0.05, 0) is 24.1 Å². The zero-order valence-corrected chi connectivity index (χ0v) is 20.2. The average molecular weight is 552 g/mol. The standard InChI is InChI=1S/C20H26F5N3O5S.ClH/c21-19(22,20(23,24)25)6-5-15-1-3-16(4-2-15)27-9-11-28(12-10-27)34(31,32)18(17(29)26-30)7-13-33-14-8-18;/h1-4,30H,5-14H2,(H,26,29);1H. The molecular weight excluding hydrogens is 525 g/mol. The zero-order chi connectivity index (χ0) is 25.2. The molecule has 1 aromatic rings. The van der Waals surface area contributed by atoms with Gasteiger partial charge >= 0.3 is 12.1 Å². The first-order valence-corrected chi connectivity index (χ1v) is 12.1. The van der Waals surface area contributed by atoms with Crippen LogP contribution >= 0.6 is 12.4 Å². The van der Waals surface area contributed by atoms with Crippen molar-refractivity contribution in [3.05, 3.63) is 29.8 Å². The summed E-state index contributed by atoms with van der Waals surface area (Å²) < 4.78 is 94.4. The largest absolute Gasteiger partial charge is 0.453 e. The molecule has 200 valence electrons. The minimum atomic E-state index is -5.59. The summed E-state index contributed by atoms with van der Waals surface area (Å²) in [7, 11) is -4.11. The van der Waals surface area contributed by atoms with Gasteiger partial charge in [-0.3, -0.25) is 10.0 Å². The van der Waals surface area contributed by atoms with Crippen molar-refractivity contribution in [2.24, 2.45) is 0 Å². The third-order valence-electron chi connectivity index (χ3n) is 6.33. The number of nitrogens with zero attached hydrogens (tertiary/aromatic N) is 2. The van der Waals surface area contributed by atoms with Gasteiger partial charge in [0.2, 0.25) is 10.0 Å². The van der Waals surface area contributed by atoms with Crippen LogP contribution in [0.3, 0.4) is 0 Å². The molecule has 1 aromatic carbocycles. The average Bonchev–Trinajstić information content (AvgIpc) is 2.82. The summed E-state index contributed by atoms with van der Waals surface area (Å²) in [6.07, 6.45) is -7.56. The molecule has 0 bridgehead atoms. The molecule has 8 nitrogen and oxygen atoms in total. The lowest BCUT2D eigenvalue weighted by atomic mass is 9.98. The molecule has 2 aliphatic heterocycles. The van der Waals surface area contributed by atoms with Crippen molar-refractivity contribution < 1.29 is 45.1 Å². The monoisotopic (exact) mass is 551 g/mol. The Morgan fingerprint density at radius 2 is 1.57 bits per heavy atom. The Labute approximate surface area is 205 Å². The molecule has 1 amide bonds. The summed E-state index contributed by atoms with van der Waals surface area (Å²) in [5.74, 6) is -5.76. The molecule has 0 radical (unpaired) electrons. The molecule has 2 aliphatic rings. The topological polar surface area (TPSA) is 99.2 Å². The van der Waals surface area contributed by atoms with Crippen LogP contribution in [0.4, 0.5) is 27.6 Å². The molecule has 2 fully saturated rings. The predicted octanol–water partition coefficient (Wildman–Crippen LogP) is 2.75. The first-order valence-electron chi connectivity index (χ1n) is 10.6. The van der Waals surface area contributed by atoms with Gasteiger partial charge in [0, 0.05) is 64.3 Å². The summed E-state index contributed by atoms with van der Waals surface area (Å²) in [6.45, 7) is 0.824. The van der Waals surface area contributed by atoms with Crippen LogP contribution < -0.4 is 10.4 Å². The number of piperazine rings is 1. The molecule has 0 atom stereocenters. The van der Waals surface area contributed by atoms with E-state index in [4.69, 9.17) is 9.94 Å². The van der Waals surface area contributed by atoms with Gasteiger partial charge < -0.3 is 9.64 Å². The Morgan fingerprint density at radius 3 is 2.06 bits per heavy atom. The van der Waals surface area contributed by atoms with E-state index in [2.05, 4.69) is 0 Å². The van der Waals surface area contributed by atoms with Crippen molar-refractivity contribution in [3.63, 3.8) is 0 Å². The van der Waals surface area contributed by atoms with Crippen LogP contribution in [0.5, 0.6) is 0 Å². The second kappa shape index (κ2) is 11.1. The maximum absolute atomic E-state index is 13.3.